The van der Waals surface area contributed by atoms with Crippen molar-refractivity contribution in [3.05, 3.63) is 22.0 Å². The van der Waals surface area contributed by atoms with E-state index in [1.54, 1.807) is 6.20 Å². The van der Waals surface area contributed by atoms with Gasteiger partial charge in [0.05, 0.1) is 0 Å². The van der Waals surface area contributed by atoms with Gasteiger partial charge in [0.15, 0.2) is 0 Å². The Morgan fingerprint density at radius 2 is 2.25 bits per heavy atom. The molecule has 2 radical (unpaired) electrons. The third-order valence-corrected chi connectivity index (χ3v) is 1.39. The molecule has 1 aromatic heterocycles. The Labute approximate surface area is 63.1 Å². The minimum atomic E-state index is 0.713. The molecule has 0 fully saturated rings. The van der Waals surface area contributed by atoms with E-state index in [0.717, 1.165) is 3.70 Å². The molecule has 1 nitrogen and oxygen atoms in total. The number of aromatic nitrogens is 1. The molecule has 3 heteroatoms. The van der Waals surface area contributed by atoms with Gasteiger partial charge in [-0.2, -0.15) is 0 Å². The lowest BCUT2D eigenvalue weighted by molar-refractivity contribution is 1.29. The molecule has 0 N–H and O–H groups in total. The Kier molecular flexibility index (Phi) is 1.88. The van der Waals surface area contributed by atoms with Gasteiger partial charge in [-0.1, -0.05) is 11.5 Å². The van der Waals surface area contributed by atoms with Gasteiger partial charge in [0, 0.05) is 6.20 Å². The molecule has 0 spiro atoms. The highest BCUT2D eigenvalue weighted by Gasteiger charge is 1.82. The fraction of sp³-hybridized carbons (Fsp3) is 0. The molecule has 0 saturated carbocycles. The van der Waals surface area contributed by atoms with Gasteiger partial charge in [-0.05, 0) is 28.7 Å². The van der Waals surface area contributed by atoms with Crippen molar-refractivity contribution in [2.75, 3.05) is 0 Å². The lowest BCUT2D eigenvalue weighted by atomic mass is 10.00. The van der Waals surface area contributed by atoms with Crippen LogP contribution < -0.4 is 5.46 Å². The maximum Gasteiger partial charge on any atom is 0.115 e. The van der Waals surface area contributed by atoms with Crippen LogP contribution >= 0.6 is 22.6 Å². The summed E-state index contributed by atoms with van der Waals surface area (Å²) < 4.78 is 0.969. The van der Waals surface area contributed by atoms with Crippen LogP contribution in [0.5, 0.6) is 0 Å². The van der Waals surface area contributed by atoms with Crippen LogP contribution in [0.2, 0.25) is 0 Å². The molecule has 1 aromatic rings. The number of hydrogen-bond acceptors (Lipinski definition) is 1. The van der Waals surface area contributed by atoms with E-state index in [-0.39, 0.29) is 0 Å². The SMILES string of the molecule is [B]c1ccc(I)nc1. The standard InChI is InChI=1S/C5H3BIN/c6-4-1-2-5(7)8-3-4/h1-3H. The molecule has 0 aliphatic rings. The summed E-state index contributed by atoms with van der Waals surface area (Å²) in [4.78, 5) is 3.94. The van der Waals surface area contributed by atoms with E-state index < -0.39 is 0 Å². The number of hydrogen-bond donors (Lipinski definition) is 0. The minimum absolute atomic E-state index is 0.713. The van der Waals surface area contributed by atoms with Gasteiger partial charge in [-0.15, -0.1) is 0 Å². The Bertz CT molecular complexity index is 151. The van der Waals surface area contributed by atoms with Crippen LogP contribution in [0.15, 0.2) is 18.3 Å². The Balaban J connectivity index is 3.03. The molecule has 0 aromatic carbocycles. The zero-order valence-corrected chi connectivity index (χ0v) is 6.29. The van der Waals surface area contributed by atoms with Gasteiger partial charge in [0.25, 0.3) is 0 Å². The summed E-state index contributed by atoms with van der Waals surface area (Å²) in [6.07, 6.45) is 1.64. The van der Waals surface area contributed by atoms with Crippen molar-refractivity contribution in [1.29, 1.82) is 0 Å². The van der Waals surface area contributed by atoms with Gasteiger partial charge >= 0.3 is 0 Å². The van der Waals surface area contributed by atoms with Crippen LogP contribution in [0.1, 0.15) is 0 Å². The van der Waals surface area contributed by atoms with E-state index >= 15 is 0 Å². The molecule has 1 heterocycles. The largest absolute Gasteiger partial charge is 0.251 e. The molecule has 1 rings (SSSR count). The Morgan fingerprint density at radius 1 is 1.50 bits per heavy atom. The van der Waals surface area contributed by atoms with Crippen molar-refractivity contribution in [1.82, 2.24) is 4.98 Å². The van der Waals surface area contributed by atoms with Crippen molar-refractivity contribution < 1.29 is 0 Å². The summed E-state index contributed by atoms with van der Waals surface area (Å²) in [7, 11) is 5.36. The first-order valence-corrected chi connectivity index (χ1v) is 3.24. The smallest absolute Gasteiger partial charge is 0.115 e. The topological polar surface area (TPSA) is 12.9 Å². The van der Waals surface area contributed by atoms with E-state index in [9.17, 15) is 0 Å². The molecular weight excluding hydrogens is 212 g/mol. The first-order chi connectivity index (χ1) is 3.79. The third-order valence-electron chi connectivity index (χ3n) is 0.750. The second-order valence-electron chi connectivity index (χ2n) is 1.41. The Morgan fingerprint density at radius 3 is 2.62 bits per heavy atom. The van der Waals surface area contributed by atoms with Crippen molar-refractivity contribution in [2.24, 2.45) is 0 Å². The molecule has 0 amide bonds. The zero-order valence-electron chi connectivity index (χ0n) is 4.13. The molecule has 38 valence electrons. The summed E-state index contributed by atoms with van der Waals surface area (Å²) >= 11 is 2.13. The molecule has 8 heavy (non-hydrogen) atoms. The predicted molar refractivity (Wildman–Crippen MR) is 42.3 cm³/mol. The number of pyridine rings is 1. The summed E-state index contributed by atoms with van der Waals surface area (Å²) in [5.74, 6) is 0. The molecule has 0 aliphatic heterocycles. The van der Waals surface area contributed by atoms with Crippen LogP contribution in [0, 0.1) is 3.70 Å². The molecule has 0 aliphatic carbocycles. The molecule has 0 bridgehead atoms. The molecule has 0 saturated heterocycles. The van der Waals surface area contributed by atoms with Crippen LogP contribution in [-0.2, 0) is 0 Å². The third kappa shape index (κ3) is 1.47. The predicted octanol–water partition coefficient (Wildman–Crippen LogP) is 0.480. The van der Waals surface area contributed by atoms with E-state index in [4.69, 9.17) is 7.85 Å². The van der Waals surface area contributed by atoms with Crippen LogP contribution in [-0.4, -0.2) is 12.8 Å². The average molecular weight is 215 g/mol. The van der Waals surface area contributed by atoms with Gasteiger partial charge < -0.3 is 0 Å². The van der Waals surface area contributed by atoms with Crippen molar-refractivity contribution in [3.8, 4) is 0 Å². The van der Waals surface area contributed by atoms with Crippen LogP contribution in [0.3, 0.4) is 0 Å². The summed E-state index contributed by atoms with van der Waals surface area (Å²) in [6.45, 7) is 0. The van der Waals surface area contributed by atoms with E-state index in [1.165, 1.54) is 0 Å². The fourth-order valence-electron chi connectivity index (χ4n) is 0.387. The van der Waals surface area contributed by atoms with E-state index in [1.807, 2.05) is 12.1 Å². The zero-order chi connectivity index (χ0) is 5.98. The van der Waals surface area contributed by atoms with Gasteiger partial charge in [-0.3, -0.25) is 4.98 Å². The molecule has 0 unspecified atom stereocenters. The number of halogens is 1. The summed E-state index contributed by atoms with van der Waals surface area (Å²) in [6, 6.07) is 3.70. The van der Waals surface area contributed by atoms with Gasteiger partial charge in [0.1, 0.15) is 11.5 Å². The highest BCUT2D eigenvalue weighted by molar-refractivity contribution is 14.1. The second-order valence-corrected chi connectivity index (χ2v) is 2.52. The fourth-order valence-corrected chi connectivity index (χ4v) is 0.706. The highest BCUT2D eigenvalue weighted by atomic mass is 127. The monoisotopic (exact) mass is 215 g/mol. The maximum absolute atomic E-state index is 5.36. The minimum Gasteiger partial charge on any atom is -0.251 e. The first kappa shape index (κ1) is 6.07. The molecular formula is C5H3BIN. The normalized spacial score (nSPS) is 9.12. The van der Waals surface area contributed by atoms with Crippen molar-refractivity contribution in [3.63, 3.8) is 0 Å². The van der Waals surface area contributed by atoms with Crippen molar-refractivity contribution in [2.45, 2.75) is 0 Å². The quantitative estimate of drug-likeness (QED) is 0.348. The van der Waals surface area contributed by atoms with E-state index in [2.05, 4.69) is 27.6 Å². The lowest BCUT2D eigenvalue weighted by Gasteiger charge is -1.88. The maximum atomic E-state index is 5.36. The van der Waals surface area contributed by atoms with E-state index in [0.29, 0.717) is 5.46 Å². The number of nitrogens with zero attached hydrogens (tertiary/aromatic N) is 1. The average Bonchev–Trinajstić information content (AvgIpc) is 1.77. The lowest BCUT2D eigenvalue weighted by Crippen LogP contribution is -2.01. The second kappa shape index (κ2) is 2.48. The first-order valence-electron chi connectivity index (χ1n) is 2.16. The highest BCUT2D eigenvalue weighted by Crippen LogP contribution is 1.93. The summed E-state index contributed by atoms with van der Waals surface area (Å²) in [5.41, 5.74) is 0.713. The van der Waals surface area contributed by atoms with Gasteiger partial charge in [-0.25, -0.2) is 0 Å². The summed E-state index contributed by atoms with van der Waals surface area (Å²) in [5, 5.41) is 0. The number of rotatable bonds is 0. The van der Waals surface area contributed by atoms with Crippen LogP contribution in [0.25, 0.3) is 0 Å². The molecule has 0 atom stereocenters. The van der Waals surface area contributed by atoms with Crippen LogP contribution in [0.4, 0.5) is 0 Å². The van der Waals surface area contributed by atoms with Crippen molar-refractivity contribution >= 4 is 35.9 Å². The van der Waals surface area contributed by atoms with Gasteiger partial charge in [0.2, 0.25) is 0 Å². The Hall–Kier alpha value is -0.0551.